The van der Waals surface area contributed by atoms with Crippen molar-refractivity contribution in [2.24, 2.45) is 0 Å². The number of hydrogen-bond donors (Lipinski definition) is 0. The minimum absolute atomic E-state index is 0.101. The number of halogens is 1. The minimum Gasteiger partial charge on any atom is -0.419 e. The highest BCUT2D eigenvalue weighted by atomic mass is 32.2. The second-order valence-corrected chi connectivity index (χ2v) is 8.83. The summed E-state index contributed by atoms with van der Waals surface area (Å²) in [6, 6.07) is 10.9. The Hall–Kier alpha value is -2.52. The van der Waals surface area contributed by atoms with E-state index < -0.39 is 0 Å². The fraction of sp³-hybridized carbons (Fsp3) is 0.263. The number of benzene rings is 1. The molecule has 3 aromatic heterocycles. The summed E-state index contributed by atoms with van der Waals surface area (Å²) in [6.45, 7) is 1.99. The van der Waals surface area contributed by atoms with Gasteiger partial charge in [-0.3, -0.25) is 4.57 Å². The van der Waals surface area contributed by atoms with E-state index in [9.17, 15) is 4.39 Å². The molecule has 0 aliphatic heterocycles. The van der Waals surface area contributed by atoms with Crippen LogP contribution in [0.5, 0.6) is 0 Å². The smallest absolute Gasteiger partial charge is 0.257 e. The van der Waals surface area contributed by atoms with E-state index in [0.29, 0.717) is 29.2 Å². The number of hydrogen-bond acceptors (Lipinski definition) is 7. The first-order valence-corrected chi connectivity index (χ1v) is 10.7. The predicted molar refractivity (Wildman–Crippen MR) is 106 cm³/mol. The number of thioether (sulfide) groups is 1. The van der Waals surface area contributed by atoms with Crippen molar-refractivity contribution in [2.45, 2.75) is 36.2 Å². The molecule has 0 radical (unpaired) electrons. The van der Waals surface area contributed by atoms with E-state index >= 15 is 0 Å². The van der Waals surface area contributed by atoms with Crippen molar-refractivity contribution >= 4 is 23.1 Å². The monoisotopic (exact) mass is 413 g/mol. The van der Waals surface area contributed by atoms with Gasteiger partial charge in [-0.1, -0.05) is 30.0 Å². The number of nitrogens with zero attached hydrogens (tertiary/aromatic N) is 5. The van der Waals surface area contributed by atoms with E-state index in [1.54, 1.807) is 23.5 Å². The summed E-state index contributed by atoms with van der Waals surface area (Å²) in [5, 5.41) is 19.6. The van der Waals surface area contributed by atoms with Gasteiger partial charge in [0.15, 0.2) is 11.0 Å². The quantitative estimate of drug-likeness (QED) is 0.395. The molecule has 0 amide bonds. The van der Waals surface area contributed by atoms with Crippen LogP contribution < -0.4 is 0 Å². The fourth-order valence-corrected chi connectivity index (χ4v) is 4.55. The topological polar surface area (TPSA) is 69.6 Å². The van der Waals surface area contributed by atoms with Gasteiger partial charge in [0.25, 0.3) is 5.89 Å². The largest absolute Gasteiger partial charge is 0.419 e. The third-order valence-corrected chi connectivity index (χ3v) is 6.40. The van der Waals surface area contributed by atoms with Crippen molar-refractivity contribution in [1.29, 1.82) is 0 Å². The molecule has 3 heterocycles. The Bertz CT molecular complexity index is 1100. The SMILES string of the molecule is CC(Sc1nnc(-c2ccccc2F)n1C1CC1)c1nnc(-c2cccs2)o1. The maximum atomic E-state index is 14.3. The van der Waals surface area contributed by atoms with Crippen LogP contribution in [-0.4, -0.2) is 25.0 Å². The van der Waals surface area contributed by atoms with Gasteiger partial charge in [-0.05, 0) is 43.3 Å². The zero-order chi connectivity index (χ0) is 19.1. The molecule has 0 bridgehead atoms. The van der Waals surface area contributed by atoms with Crippen LogP contribution >= 0.6 is 23.1 Å². The molecular formula is C19H16FN5OS2. The summed E-state index contributed by atoms with van der Waals surface area (Å²) < 4.78 is 22.2. The molecule has 9 heteroatoms. The van der Waals surface area contributed by atoms with E-state index in [2.05, 4.69) is 20.4 Å². The summed E-state index contributed by atoms with van der Waals surface area (Å²) in [7, 11) is 0. The lowest BCUT2D eigenvalue weighted by atomic mass is 10.2. The number of rotatable bonds is 6. The summed E-state index contributed by atoms with van der Waals surface area (Å²) in [5.41, 5.74) is 0.471. The molecule has 142 valence electrons. The molecule has 1 aliphatic rings. The van der Waals surface area contributed by atoms with E-state index in [4.69, 9.17) is 4.42 Å². The average molecular weight is 414 g/mol. The number of thiophene rings is 1. The maximum Gasteiger partial charge on any atom is 0.257 e. The molecule has 1 fully saturated rings. The summed E-state index contributed by atoms with van der Waals surface area (Å²) in [6.07, 6.45) is 2.09. The van der Waals surface area contributed by atoms with Crippen LogP contribution in [0.3, 0.4) is 0 Å². The molecule has 1 unspecified atom stereocenters. The molecule has 1 saturated carbocycles. The van der Waals surface area contributed by atoms with Crippen LogP contribution in [-0.2, 0) is 0 Å². The van der Waals surface area contributed by atoms with Gasteiger partial charge in [-0.15, -0.1) is 31.7 Å². The molecule has 1 aromatic carbocycles. The highest BCUT2D eigenvalue weighted by molar-refractivity contribution is 7.99. The van der Waals surface area contributed by atoms with E-state index in [0.717, 1.165) is 22.9 Å². The Balaban J connectivity index is 1.43. The normalized spacial score (nSPS) is 15.1. The van der Waals surface area contributed by atoms with Crippen LogP contribution in [0.1, 0.15) is 36.9 Å². The second kappa shape index (κ2) is 7.14. The predicted octanol–water partition coefficient (Wildman–Crippen LogP) is 5.38. The Morgan fingerprint density at radius 3 is 2.75 bits per heavy atom. The third kappa shape index (κ3) is 3.24. The van der Waals surface area contributed by atoms with Gasteiger partial charge in [0.05, 0.1) is 15.7 Å². The standard InChI is InChI=1S/C19H16FN5OS2/c1-11(17-22-23-18(26-17)15-7-4-10-27-15)28-19-24-21-16(25(19)12-8-9-12)13-5-2-3-6-14(13)20/h2-7,10-12H,8-9H2,1H3. The second-order valence-electron chi connectivity index (χ2n) is 6.57. The Morgan fingerprint density at radius 2 is 2.00 bits per heavy atom. The summed E-state index contributed by atoms with van der Waals surface area (Å²) in [4.78, 5) is 0.943. The minimum atomic E-state index is -0.293. The van der Waals surface area contributed by atoms with Crippen molar-refractivity contribution in [3.8, 4) is 22.2 Å². The van der Waals surface area contributed by atoms with Gasteiger partial charge >= 0.3 is 0 Å². The van der Waals surface area contributed by atoms with Gasteiger partial charge in [-0.25, -0.2) is 4.39 Å². The average Bonchev–Trinajstić information content (AvgIpc) is 3.12. The zero-order valence-electron chi connectivity index (χ0n) is 14.9. The van der Waals surface area contributed by atoms with Crippen molar-refractivity contribution in [3.63, 3.8) is 0 Å². The summed E-state index contributed by atoms with van der Waals surface area (Å²) >= 11 is 3.05. The van der Waals surface area contributed by atoms with E-state index in [1.165, 1.54) is 17.8 Å². The molecule has 28 heavy (non-hydrogen) atoms. The molecule has 0 spiro atoms. The molecule has 0 saturated heterocycles. The Labute approximate surface area is 168 Å². The lowest BCUT2D eigenvalue weighted by Gasteiger charge is -2.11. The van der Waals surface area contributed by atoms with Gasteiger partial charge < -0.3 is 4.42 Å². The first-order valence-electron chi connectivity index (χ1n) is 8.94. The van der Waals surface area contributed by atoms with Crippen LogP contribution in [0.25, 0.3) is 22.2 Å². The van der Waals surface area contributed by atoms with Crippen molar-refractivity contribution in [1.82, 2.24) is 25.0 Å². The lowest BCUT2D eigenvalue weighted by molar-refractivity contribution is 0.509. The third-order valence-electron chi connectivity index (χ3n) is 4.49. The van der Waals surface area contributed by atoms with Gasteiger partial charge in [-0.2, -0.15) is 0 Å². The first kappa shape index (κ1) is 17.6. The molecule has 1 aliphatic carbocycles. The van der Waals surface area contributed by atoms with Crippen LogP contribution in [0.15, 0.2) is 51.4 Å². The van der Waals surface area contributed by atoms with Gasteiger partial charge in [0, 0.05) is 6.04 Å². The Kier molecular flexibility index (Phi) is 4.48. The van der Waals surface area contributed by atoms with Crippen LogP contribution in [0.2, 0.25) is 0 Å². The Morgan fingerprint density at radius 1 is 1.14 bits per heavy atom. The van der Waals surface area contributed by atoms with Crippen LogP contribution in [0, 0.1) is 5.82 Å². The van der Waals surface area contributed by atoms with Gasteiger partial charge in [0.1, 0.15) is 5.82 Å². The van der Waals surface area contributed by atoms with Gasteiger partial charge in [0.2, 0.25) is 5.89 Å². The zero-order valence-corrected chi connectivity index (χ0v) is 16.6. The van der Waals surface area contributed by atoms with Crippen molar-refractivity contribution in [3.05, 3.63) is 53.5 Å². The summed E-state index contributed by atoms with van der Waals surface area (Å²) in [5.74, 6) is 1.33. The molecule has 1 atom stereocenters. The number of aromatic nitrogens is 5. The van der Waals surface area contributed by atoms with Crippen molar-refractivity contribution in [2.75, 3.05) is 0 Å². The highest BCUT2D eigenvalue weighted by Crippen LogP contribution is 2.44. The lowest BCUT2D eigenvalue weighted by Crippen LogP contribution is -2.02. The fourth-order valence-electron chi connectivity index (χ4n) is 2.95. The molecular weight excluding hydrogens is 397 g/mol. The maximum absolute atomic E-state index is 14.3. The molecule has 0 N–H and O–H groups in total. The highest BCUT2D eigenvalue weighted by Gasteiger charge is 2.32. The molecule has 5 rings (SSSR count). The first-order chi connectivity index (χ1) is 13.7. The van der Waals surface area contributed by atoms with E-state index in [-0.39, 0.29) is 11.1 Å². The molecule has 4 aromatic rings. The van der Waals surface area contributed by atoms with Crippen molar-refractivity contribution < 1.29 is 8.81 Å². The molecule has 6 nitrogen and oxygen atoms in total. The van der Waals surface area contributed by atoms with E-state index in [1.807, 2.05) is 35.1 Å². The van der Waals surface area contributed by atoms with Crippen LogP contribution in [0.4, 0.5) is 4.39 Å².